The van der Waals surface area contributed by atoms with E-state index in [4.69, 9.17) is 4.74 Å². The molecule has 124 valence electrons. The van der Waals surface area contributed by atoms with Crippen LogP contribution in [0.2, 0.25) is 0 Å². The van der Waals surface area contributed by atoms with Gasteiger partial charge in [-0.15, -0.1) is 0 Å². The molecule has 0 aromatic rings. The van der Waals surface area contributed by atoms with Crippen molar-refractivity contribution in [1.82, 2.24) is 10.2 Å². The molecule has 21 heavy (non-hydrogen) atoms. The average molecular weight is 298 g/mol. The van der Waals surface area contributed by atoms with Crippen molar-refractivity contribution in [3.8, 4) is 0 Å². The molecule has 0 radical (unpaired) electrons. The molecule has 4 nitrogen and oxygen atoms in total. The van der Waals surface area contributed by atoms with Gasteiger partial charge in [0.2, 0.25) is 0 Å². The van der Waals surface area contributed by atoms with Crippen LogP contribution in [0.3, 0.4) is 0 Å². The molecule has 4 heteroatoms. The zero-order chi connectivity index (χ0) is 15.1. The molecule has 0 spiro atoms. The summed E-state index contributed by atoms with van der Waals surface area (Å²) in [5.41, 5.74) is 0. The molecule has 2 aliphatic rings. The molecule has 0 bridgehead atoms. The third-order valence-corrected chi connectivity index (χ3v) is 5.07. The number of aliphatic hydroxyl groups is 1. The average Bonchev–Trinajstić information content (AvgIpc) is 3.01. The van der Waals surface area contributed by atoms with E-state index in [-0.39, 0.29) is 6.10 Å². The molecule has 0 aromatic heterocycles. The van der Waals surface area contributed by atoms with Gasteiger partial charge in [-0.25, -0.2) is 0 Å². The highest BCUT2D eigenvalue weighted by Gasteiger charge is 2.20. The van der Waals surface area contributed by atoms with Gasteiger partial charge in [0, 0.05) is 19.1 Å². The lowest BCUT2D eigenvalue weighted by Crippen LogP contribution is -2.41. The van der Waals surface area contributed by atoms with Crippen LogP contribution in [-0.4, -0.2) is 61.0 Å². The highest BCUT2D eigenvalue weighted by molar-refractivity contribution is 4.75. The predicted molar refractivity (Wildman–Crippen MR) is 86.5 cm³/mol. The predicted octanol–water partition coefficient (Wildman–Crippen LogP) is 2.02. The summed E-state index contributed by atoms with van der Waals surface area (Å²) in [7, 11) is 0. The van der Waals surface area contributed by atoms with Gasteiger partial charge in [0.05, 0.1) is 18.8 Å². The van der Waals surface area contributed by atoms with Crippen LogP contribution in [0.25, 0.3) is 0 Å². The first-order valence-corrected chi connectivity index (χ1v) is 8.89. The normalized spacial score (nSPS) is 30.4. The summed E-state index contributed by atoms with van der Waals surface area (Å²) in [6.07, 6.45) is 7.52. The second-order valence-electron chi connectivity index (χ2n) is 7.12. The highest BCUT2D eigenvalue weighted by atomic mass is 16.5. The number of hydrogen-bond acceptors (Lipinski definition) is 4. The fourth-order valence-electron chi connectivity index (χ4n) is 3.47. The van der Waals surface area contributed by atoms with Crippen LogP contribution in [0.4, 0.5) is 0 Å². The molecule has 2 atom stereocenters. The Hall–Kier alpha value is -0.160. The van der Waals surface area contributed by atoms with E-state index in [0.717, 1.165) is 25.3 Å². The molecule has 2 fully saturated rings. The zero-order valence-electron chi connectivity index (χ0n) is 13.9. The van der Waals surface area contributed by atoms with E-state index in [0.29, 0.717) is 25.3 Å². The summed E-state index contributed by atoms with van der Waals surface area (Å²) in [6.45, 7) is 9.12. The van der Waals surface area contributed by atoms with E-state index in [1.165, 1.54) is 38.8 Å². The van der Waals surface area contributed by atoms with Crippen LogP contribution < -0.4 is 5.32 Å². The Labute approximate surface area is 130 Å². The summed E-state index contributed by atoms with van der Waals surface area (Å²) in [4.78, 5) is 2.53. The summed E-state index contributed by atoms with van der Waals surface area (Å²) in [6, 6.07) is 0.570. The first kappa shape index (κ1) is 17.2. The summed E-state index contributed by atoms with van der Waals surface area (Å²) < 4.78 is 5.85. The SMILES string of the molecule is CC1CCC(OCC(O)CNCC(C)N2CCCC2)CC1. The van der Waals surface area contributed by atoms with Crippen LogP contribution in [0.5, 0.6) is 0 Å². The van der Waals surface area contributed by atoms with Gasteiger partial charge in [0.25, 0.3) is 0 Å². The summed E-state index contributed by atoms with van der Waals surface area (Å²) in [5, 5.41) is 13.4. The Morgan fingerprint density at radius 2 is 1.81 bits per heavy atom. The summed E-state index contributed by atoms with van der Waals surface area (Å²) in [5.74, 6) is 0.850. The van der Waals surface area contributed by atoms with Crippen molar-refractivity contribution >= 4 is 0 Å². The Bertz CT molecular complexity index is 274. The van der Waals surface area contributed by atoms with Crippen molar-refractivity contribution in [3.63, 3.8) is 0 Å². The van der Waals surface area contributed by atoms with Crippen molar-refractivity contribution in [3.05, 3.63) is 0 Å². The lowest BCUT2D eigenvalue weighted by molar-refractivity contribution is -0.0280. The second kappa shape index (κ2) is 9.09. The Morgan fingerprint density at radius 1 is 1.14 bits per heavy atom. The van der Waals surface area contributed by atoms with E-state index in [9.17, 15) is 5.11 Å². The Kier molecular flexibility index (Phi) is 7.44. The molecular formula is C17H34N2O2. The van der Waals surface area contributed by atoms with E-state index in [1.54, 1.807) is 0 Å². The molecular weight excluding hydrogens is 264 g/mol. The third-order valence-electron chi connectivity index (χ3n) is 5.07. The fraction of sp³-hybridized carbons (Fsp3) is 1.00. The first-order chi connectivity index (χ1) is 10.1. The minimum absolute atomic E-state index is 0.374. The molecule has 2 rings (SSSR count). The van der Waals surface area contributed by atoms with Crippen molar-refractivity contribution in [2.45, 2.75) is 70.6 Å². The van der Waals surface area contributed by atoms with Crippen LogP contribution in [0.15, 0.2) is 0 Å². The molecule has 1 heterocycles. The van der Waals surface area contributed by atoms with Gasteiger partial charge in [-0.1, -0.05) is 6.92 Å². The maximum absolute atomic E-state index is 10.0. The minimum atomic E-state index is -0.380. The van der Waals surface area contributed by atoms with E-state index in [1.807, 2.05) is 0 Å². The molecule has 1 aliphatic heterocycles. The van der Waals surface area contributed by atoms with Gasteiger partial charge < -0.3 is 15.2 Å². The van der Waals surface area contributed by atoms with Crippen LogP contribution in [-0.2, 0) is 4.74 Å². The zero-order valence-corrected chi connectivity index (χ0v) is 13.9. The maximum Gasteiger partial charge on any atom is 0.0897 e. The molecule has 2 N–H and O–H groups in total. The van der Waals surface area contributed by atoms with Gasteiger partial charge in [0.15, 0.2) is 0 Å². The monoisotopic (exact) mass is 298 g/mol. The molecule has 1 saturated carbocycles. The van der Waals surface area contributed by atoms with Crippen LogP contribution >= 0.6 is 0 Å². The fourth-order valence-corrected chi connectivity index (χ4v) is 3.47. The van der Waals surface area contributed by atoms with E-state index in [2.05, 4.69) is 24.1 Å². The maximum atomic E-state index is 10.0. The van der Waals surface area contributed by atoms with Crippen molar-refractivity contribution in [2.75, 3.05) is 32.8 Å². The molecule has 0 aromatic carbocycles. The van der Waals surface area contributed by atoms with Crippen molar-refractivity contribution in [1.29, 1.82) is 0 Å². The van der Waals surface area contributed by atoms with Crippen molar-refractivity contribution in [2.24, 2.45) is 5.92 Å². The number of likely N-dealkylation sites (tertiary alicyclic amines) is 1. The van der Waals surface area contributed by atoms with E-state index < -0.39 is 0 Å². The molecule has 2 unspecified atom stereocenters. The molecule has 1 aliphatic carbocycles. The lowest BCUT2D eigenvalue weighted by atomic mass is 9.89. The standard InChI is InChI=1S/C17H34N2O2/c1-14-5-7-17(8-6-14)21-13-16(20)12-18-11-15(2)19-9-3-4-10-19/h14-18,20H,3-13H2,1-2H3. The molecule has 0 amide bonds. The lowest BCUT2D eigenvalue weighted by Gasteiger charge is -2.27. The van der Waals surface area contributed by atoms with E-state index >= 15 is 0 Å². The second-order valence-corrected chi connectivity index (χ2v) is 7.12. The van der Waals surface area contributed by atoms with Crippen LogP contribution in [0.1, 0.15) is 52.4 Å². The van der Waals surface area contributed by atoms with Crippen molar-refractivity contribution < 1.29 is 9.84 Å². The number of nitrogens with one attached hydrogen (secondary N) is 1. The topological polar surface area (TPSA) is 44.7 Å². The first-order valence-electron chi connectivity index (χ1n) is 8.89. The summed E-state index contributed by atoms with van der Waals surface area (Å²) >= 11 is 0. The number of nitrogens with zero attached hydrogens (tertiary/aromatic N) is 1. The smallest absolute Gasteiger partial charge is 0.0897 e. The number of rotatable bonds is 8. The van der Waals surface area contributed by atoms with Crippen LogP contribution in [0, 0.1) is 5.92 Å². The van der Waals surface area contributed by atoms with Gasteiger partial charge in [0.1, 0.15) is 0 Å². The Morgan fingerprint density at radius 3 is 2.48 bits per heavy atom. The molecule has 1 saturated heterocycles. The van der Waals surface area contributed by atoms with Gasteiger partial charge in [-0.3, -0.25) is 4.90 Å². The Balaban J connectivity index is 1.50. The minimum Gasteiger partial charge on any atom is -0.389 e. The number of hydrogen-bond donors (Lipinski definition) is 2. The third kappa shape index (κ3) is 6.23. The van der Waals surface area contributed by atoms with Gasteiger partial charge in [-0.05, 0) is 64.5 Å². The largest absolute Gasteiger partial charge is 0.389 e. The highest BCUT2D eigenvalue weighted by Crippen LogP contribution is 2.25. The van der Waals surface area contributed by atoms with Gasteiger partial charge in [-0.2, -0.15) is 0 Å². The number of ether oxygens (including phenoxy) is 1. The quantitative estimate of drug-likeness (QED) is 0.719. The number of aliphatic hydroxyl groups excluding tert-OH is 1. The van der Waals surface area contributed by atoms with Gasteiger partial charge >= 0.3 is 0 Å².